The molecule has 0 aliphatic carbocycles. The molecule has 27 heavy (non-hydrogen) atoms. The van der Waals surface area contributed by atoms with Gasteiger partial charge in [-0.3, -0.25) is 9.89 Å². The average Bonchev–Trinajstić information content (AvgIpc) is 3.28. The highest BCUT2D eigenvalue weighted by Crippen LogP contribution is 2.20. The summed E-state index contributed by atoms with van der Waals surface area (Å²) < 4.78 is 16.0. The van der Waals surface area contributed by atoms with Gasteiger partial charge in [0.2, 0.25) is 0 Å². The highest BCUT2D eigenvalue weighted by Gasteiger charge is 2.19. The summed E-state index contributed by atoms with van der Waals surface area (Å²) in [5.41, 5.74) is 3.05. The molecule has 0 unspecified atom stereocenters. The predicted molar refractivity (Wildman–Crippen MR) is 97.7 cm³/mol. The molecule has 142 valence electrons. The lowest BCUT2D eigenvalue weighted by Crippen LogP contribution is -2.26. The van der Waals surface area contributed by atoms with Crippen molar-refractivity contribution in [3.05, 3.63) is 58.7 Å². The number of nitrogens with one attached hydrogen (secondary N) is 1. The third-order valence-corrected chi connectivity index (χ3v) is 4.22. The van der Waals surface area contributed by atoms with E-state index in [4.69, 9.17) is 14.0 Å². The first-order valence-corrected chi connectivity index (χ1v) is 8.46. The van der Waals surface area contributed by atoms with Gasteiger partial charge in [-0.05, 0) is 26.0 Å². The van der Waals surface area contributed by atoms with Crippen molar-refractivity contribution in [3.8, 4) is 11.5 Å². The summed E-state index contributed by atoms with van der Waals surface area (Å²) in [5.74, 6) is 1.57. The number of aromatic amines is 1. The molecule has 3 rings (SSSR count). The Kier molecular flexibility index (Phi) is 5.44. The molecule has 0 spiro atoms. The first-order valence-electron chi connectivity index (χ1n) is 8.46. The van der Waals surface area contributed by atoms with E-state index < -0.39 is 0 Å². The smallest absolute Gasteiger partial charge is 0.276 e. The number of benzene rings is 1. The van der Waals surface area contributed by atoms with Gasteiger partial charge in [-0.15, -0.1) is 0 Å². The Labute approximate surface area is 157 Å². The van der Waals surface area contributed by atoms with Crippen molar-refractivity contribution >= 4 is 5.91 Å². The van der Waals surface area contributed by atoms with Gasteiger partial charge in [0.25, 0.3) is 5.91 Å². The molecule has 8 nitrogen and oxygen atoms in total. The van der Waals surface area contributed by atoms with Crippen molar-refractivity contribution in [1.82, 2.24) is 20.3 Å². The molecule has 0 radical (unpaired) electrons. The molecular weight excluding hydrogens is 348 g/mol. The summed E-state index contributed by atoms with van der Waals surface area (Å²) in [6, 6.07) is 8.84. The molecule has 0 aliphatic heterocycles. The lowest BCUT2D eigenvalue weighted by atomic mass is 10.2. The molecule has 1 aromatic carbocycles. The van der Waals surface area contributed by atoms with Crippen LogP contribution in [0.15, 0.2) is 34.9 Å². The van der Waals surface area contributed by atoms with E-state index in [0.29, 0.717) is 23.8 Å². The number of hydrogen-bond acceptors (Lipinski definition) is 6. The Balaban J connectivity index is 1.61. The van der Waals surface area contributed by atoms with Gasteiger partial charge in [-0.2, -0.15) is 5.10 Å². The van der Waals surface area contributed by atoms with E-state index in [1.807, 2.05) is 32.0 Å². The van der Waals surface area contributed by atoms with Crippen LogP contribution in [-0.2, 0) is 13.2 Å². The molecule has 3 aromatic rings. The quantitative estimate of drug-likeness (QED) is 0.687. The molecule has 0 saturated carbocycles. The fraction of sp³-hybridized carbons (Fsp3) is 0.316. The molecule has 1 amide bonds. The summed E-state index contributed by atoms with van der Waals surface area (Å²) >= 11 is 0. The van der Waals surface area contributed by atoms with Crippen LogP contribution in [0.3, 0.4) is 0 Å². The highest BCUT2D eigenvalue weighted by atomic mass is 16.5. The minimum Gasteiger partial charge on any atom is -0.497 e. The number of ether oxygens (including phenoxy) is 2. The Morgan fingerprint density at radius 3 is 2.74 bits per heavy atom. The van der Waals surface area contributed by atoms with Gasteiger partial charge in [-0.1, -0.05) is 11.2 Å². The molecule has 2 heterocycles. The second kappa shape index (κ2) is 7.94. The van der Waals surface area contributed by atoms with Crippen molar-refractivity contribution in [2.45, 2.75) is 27.0 Å². The minimum atomic E-state index is -0.230. The lowest BCUT2D eigenvalue weighted by molar-refractivity contribution is 0.0774. The molecule has 8 heteroatoms. The zero-order valence-electron chi connectivity index (χ0n) is 15.8. The average molecular weight is 370 g/mol. The number of aromatic nitrogens is 3. The van der Waals surface area contributed by atoms with Gasteiger partial charge in [0.05, 0.1) is 12.8 Å². The van der Waals surface area contributed by atoms with Crippen molar-refractivity contribution in [2.24, 2.45) is 0 Å². The van der Waals surface area contributed by atoms with E-state index in [1.54, 1.807) is 31.2 Å². The molecule has 0 atom stereocenters. The molecular formula is C19H22N4O4. The summed E-state index contributed by atoms with van der Waals surface area (Å²) in [6.45, 7) is 4.44. The maximum Gasteiger partial charge on any atom is 0.276 e. The van der Waals surface area contributed by atoms with Crippen LogP contribution >= 0.6 is 0 Å². The Morgan fingerprint density at radius 1 is 1.26 bits per heavy atom. The van der Waals surface area contributed by atoms with E-state index in [9.17, 15) is 4.79 Å². The topological polar surface area (TPSA) is 93.5 Å². The summed E-state index contributed by atoms with van der Waals surface area (Å²) in [5, 5.41) is 10.9. The van der Waals surface area contributed by atoms with Crippen LogP contribution in [0, 0.1) is 13.8 Å². The molecule has 0 bridgehead atoms. The van der Waals surface area contributed by atoms with Crippen LogP contribution in [0.1, 0.15) is 33.2 Å². The van der Waals surface area contributed by atoms with E-state index in [0.717, 1.165) is 17.0 Å². The Hall–Kier alpha value is -3.29. The van der Waals surface area contributed by atoms with E-state index in [1.165, 1.54) is 0 Å². The fourth-order valence-corrected chi connectivity index (χ4v) is 2.64. The van der Waals surface area contributed by atoms with Gasteiger partial charge in [0.1, 0.15) is 18.1 Å². The first kappa shape index (κ1) is 18.5. The number of amides is 1. The monoisotopic (exact) mass is 370 g/mol. The van der Waals surface area contributed by atoms with Crippen LogP contribution in [-0.4, -0.2) is 40.3 Å². The van der Waals surface area contributed by atoms with Gasteiger partial charge < -0.3 is 18.9 Å². The molecule has 0 fully saturated rings. The summed E-state index contributed by atoms with van der Waals surface area (Å²) in [7, 11) is 3.31. The number of rotatable bonds is 7. The standard InChI is InChI=1S/C19H22N4O4/c1-12-17(13(2)21-20-12)10-23(3)19(24)18-9-16(27-22-18)11-26-15-7-5-6-14(8-15)25-4/h5-9H,10-11H2,1-4H3,(H,20,21). The van der Waals surface area contributed by atoms with Gasteiger partial charge in [0, 0.05) is 37.0 Å². The van der Waals surface area contributed by atoms with Gasteiger partial charge in [0.15, 0.2) is 11.5 Å². The van der Waals surface area contributed by atoms with Crippen LogP contribution < -0.4 is 9.47 Å². The van der Waals surface area contributed by atoms with Crippen LogP contribution in [0.2, 0.25) is 0 Å². The molecule has 0 aliphatic rings. The lowest BCUT2D eigenvalue weighted by Gasteiger charge is -2.15. The largest absolute Gasteiger partial charge is 0.497 e. The predicted octanol–water partition coefficient (Wildman–Crippen LogP) is 2.87. The molecule has 1 N–H and O–H groups in total. The first-order chi connectivity index (χ1) is 13.0. The third kappa shape index (κ3) is 4.28. The Bertz CT molecular complexity index is 912. The van der Waals surface area contributed by atoms with Crippen LogP contribution in [0.4, 0.5) is 0 Å². The highest BCUT2D eigenvalue weighted by molar-refractivity contribution is 5.92. The summed E-state index contributed by atoms with van der Waals surface area (Å²) in [4.78, 5) is 14.2. The van der Waals surface area contributed by atoms with E-state index in [2.05, 4.69) is 15.4 Å². The third-order valence-electron chi connectivity index (χ3n) is 4.22. The number of carbonyl (C=O) groups is 1. The Morgan fingerprint density at radius 2 is 2.04 bits per heavy atom. The number of H-pyrrole nitrogens is 1. The number of hydrogen-bond donors (Lipinski definition) is 1. The summed E-state index contributed by atoms with van der Waals surface area (Å²) in [6.07, 6.45) is 0. The van der Waals surface area contributed by atoms with Crippen LogP contribution in [0.25, 0.3) is 0 Å². The van der Waals surface area contributed by atoms with Crippen molar-refractivity contribution in [3.63, 3.8) is 0 Å². The zero-order chi connectivity index (χ0) is 19.4. The molecule has 0 saturated heterocycles. The number of carbonyl (C=O) groups excluding carboxylic acids is 1. The second-order valence-corrected chi connectivity index (χ2v) is 6.22. The normalized spacial score (nSPS) is 10.7. The van der Waals surface area contributed by atoms with Crippen molar-refractivity contribution < 1.29 is 18.8 Å². The van der Waals surface area contributed by atoms with Gasteiger partial charge in [-0.25, -0.2) is 0 Å². The second-order valence-electron chi connectivity index (χ2n) is 6.22. The zero-order valence-corrected chi connectivity index (χ0v) is 15.8. The molecule has 2 aromatic heterocycles. The SMILES string of the molecule is COc1cccc(OCc2cc(C(=O)N(C)Cc3c(C)n[nH]c3C)no2)c1. The van der Waals surface area contributed by atoms with E-state index in [-0.39, 0.29) is 18.2 Å². The maximum atomic E-state index is 12.6. The van der Waals surface area contributed by atoms with Crippen LogP contribution in [0.5, 0.6) is 11.5 Å². The van der Waals surface area contributed by atoms with Gasteiger partial charge >= 0.3 is 0 Å². The number of methoxy groups -OCH3 is 1. The van der Waals surface area contributed by atoms with Crippen molar-refractivity contribution in [2.75, 3.05) is 14.2 Å². The minimum absolute atomic E-state index is 0.164. The number of nitrogens with zero attached hydrogens (tertiary/aromatic N) is 3. The maximum absolute atomic E-state index is 12.6. The van der Waals surface area contributed by atoms with Crippen molar-refractivity contribution in [1.29, 1.82) is 0 Å². The number of aryl methyl sites for hydroxylation is 2. The fourth-order valence-electron chi connectivity index (χ4n) is 2.64. The van der Waals surface area contributed by atoms with E-state index >= 15 is 0 Å².